The highest BCUT2D eigenvalue weighted by molar-refractivity contribution is 8.00. The molecule has 27 heavy (non-hydrogen) atoms. The number of carbonyl (C=O) groups is 2. The van der Waals surface area contributed by atoms with Gasteiger partial charge in [-0.25, -0.2) is 0 Å². The van der Waals surface area contributed by atoms with Gasteiger partial charge in [-0.3, -0.25) is 9.59 Å². The van der Waals surface area contributed by atoms with Gasteiger partial charge >= 0.3 is 0 Å². The fourth-order valence-corrected chi connectivity index (χ4v) is 3.89. The average Bonchev–Trinajstić information content (AvgIpc) is 3.22. The predicted molar refractivity (Wildman–Crippen MR) is 105 cm³/mol. The number of fused-ring (bicyclic) bond motifs is 1. The van der Waals surface area contributed by atoms with Gasteiger partial charge in [0.2, 0.25) is 5.91 Å². The number of para-hydroxylation sites is 1. The zero-order chi connectivity index (χ0) is 18.6. The van der Waals surface area contributed by atoms with Gasteiger partial charge in [0.25, 0.3) is 5.91 Å². The number of benzene rings is 2. The van der Waals surface area contributed by atoms with Crippen molar-refractivity contribution in [3.63, 3.8) is 0 Å². The normalized spacial score (nSPS) is 13.3. The van der Waals surface area contributed by atoms with Gasteiger partial charge in [0.05, 0.1) is 30.8 Å². The van der Waals surface area contributed by atoms with E-state index < -0.39 is 0 Å². The molecule has 1 aliphatic heterocycles. The molecule has 0 saturated heterocycles. The molecule has 1 aromatic heterocycles. The molecule has 3 aromatic rings. The van der Waals surface area contributed by atoms with Crippen molar-refractivity contribution in [2.45, 2.75) is 18.0 Å². The highest BCUT2D eigenvalue weighted by atomic mass is 32.2. The van der Waals surface area contributed by atoms with Crippen LogP contribution in [0.25, 0.3) is 0 Å². The number of rotatable bonds is 5. The van der Waals surface area contributed by atoms with Gasteiger partial charge in [-0.05, 0) is 42.0 Å². The van der Waals surface area contributed by atoms with E-state index in [0.29, 0.717) is 30.2 Å². The van der Waals surface area contributed by atoms with E-state index in [4.69, 9.17) is 4.42 Å². The lowest BCUT2D eigenvalue weighted by atomic mass is 10.1. The average molecular weight is 378 g/mol. The number of anilines is 1. The molecule has 4 rings (SSSR count). The van der Waals surface area contributed by atoms with Gasteiger partial charge in [0, 0.05) is 10.5 Å². The molecule has 0 atom stereocenters. The van der Waals surface area contributed by atoms with Crippen molar-refractivity contribution in [2.24, 2.45) is 0 Å². The third-order valence-electron chi connectivity index (χ3n) is 4.37. The lowest BCUT2D eigenvalue weighted by Crippen LogP contribution is -2.34. The lowest BCUT2D eigenvalue weighted by molar-refractivity contribution is -0.116. The first-order chi connectivity index (χ1) is 13.2. The van der Waals surface area contributed by atoms with Crippen LogP contribution in [0.15, 0.2) is 76.2 Å². The number of amides is 2. The van der Waals surface area contributed by atoms with Crippen molar-refractivity contribution in [1.82, 2.24) is 5.32 Å². The van der Waals surface area contributed by atoms with E-state index in [1.165, 1.54) is 0 Å². The molecule has 0 saturated carbocycles. The Morgan fingerprint density at radius 2 is 1.89 bits per heavy atom. The molecule has 1 N–H and O–H groups in total. The maximum Gasteiger partial charge on any atom is 0.251 e. The fourth-order valence-electron chi connectivity index (χ4n) is 2.95. The third-order valence-corrected chi connectivity index (χ3v) is 5.42. The maximum atomic E-state index is 12.4. The highest BCUT2D eigenvalue weighted by Gasteiger charge is 2.24. The molecule has 1 aliphatic rings. The number of furan rings is 1. The molecule has 0 unspecified atom stereocenters. The van der Waals surface area contributed by atoms with Gasteiger partial charge in [0.1, 0.15) is 5.76 Å². The van der Waals surface area contributed by atoms with Crippen LogP contribution in [0.3, 0.4) is 0 Å². The first kappa shape index (κ1) is 17.4. The molecular formula is C21H18N2O3S. The number of hydrogen-bond acceptors (Lipinski definition) is 4. The summed E-state index contributed by atoms with van der Waals surface area (Å²) in [6.45, 7) is 0.842. The van der Waals surface area contributed by atoms with Gasteiger partial charge in [-0.15, -0.1) is 11.8 Å². The molecule has 136 valence electrons. The zero-order valence-electron chi connectivity index (χ0n) is 14.6. The second-order valence-electron chi connectivity index (χ2n) is 6.20. The Morgan fingerprint density at radius 3 is 2.67 bits per heavy atom. The first-order valence-electron chi connectivity index (χ1n) is 8.62. The Morgan fingerprint density at radius 1 is 1.07 bits per heavy atom. The van der Waals surface area contributed by atoms with E-state index in [1.54, 1.807) is 41.1 Å². The first-order valence-corrected chi connectivity index (χ1v) is 9.61. The van der Waals surface area contributed by atoms with E-state index in [-0.39, 0.29) is 11.8 Å². The Hall–Kier alpha value is -2.99. The van der Waals surface area contributed by atoms with Gasteiger partial charge in [-0.1, -0.05) is 24.3 Å². The summed E-state index contributed by atoms with van der Waals surface area (Å²) < 4.78 is 5.21. The summed E-state index contributed by atoms with van der Waals surface area (Å²) in [5.74, 6) is 1.09. The minimum Gasteiger partial charge on any atom is -0.467 e. The van der Waals surface area contributed by atoms with E-state index >= 15 is 0 Å². The molecule has 6 heteroatoms. The quantitative estimate of drug-likeness (QED) is 0.733. The molecule has 0 bridgehead atoms. The van der Waals surface area contributed by atoms with Crippen LogP contribution in [-0.2, 0) is 17.9 Å². The van der Waals surface area contributed by atoms with Crippen LogP contribution in [0.4, 0.5) is 5.69 Å². The van der Waals surface area contributed by atoms with Gasteiger partial charge in [0.15, 0.2) is 0 Å². The molecule has 0 fully saturated rings. The summed E-state index contributed by atoms with van der Waals surface area (Å²) in [6, 6.07) is 18.9. The Balaban J connectivity index is 1.43. The van der Waals surface area contributed by atoms with Crippen LogP contribution in [0, 0.1) is 0 Å². The van der Waals surface area contributed by atoms with E-state index in [2.05, 4.69) is 5.32 Å². The largest absolute Gasteiger partial charge is 0.467 e. The highest BCUT2D eigenvalue weighted by Crippen LogP contribution is 2.35. The lowest BCUT2D eigenvalue weighted by Gasteiger charge is -2.29. The van der Waals surface area contributed by atoms with Crippen molar-refractivity contribution in [3.8, 4) is 0 Å². The zero-order valence-corrected chi connectivity index (χ0v) is 15.4. The van der Waals surface area contributed by atoms with Crippen LogP contribution in [0.5, 0.6) is 0 Å². The molecule has 0 spiro atoms. The molecule has 2 heterocycles. The van der Waals surface area contributed by atoms with Gasteiger partial charge < -0.3 is 14.6 Å². The maximum absolute atomic E-state index is 12.4. The standard InChI is InChI=1S/C21H18N2O3S/c24-20-14-27-19-6-2-1-5-18(19)23(20)13-15-7-9-16(10-8-15)21(25)22-12-17-4-3-11-26-17/h1-11H,12-14H2,(H,22,25). The van der Waals surface area contributed by atoms with Crippen LogP contribution in [-0.4, -0.2) is 17.6 Å². The van der Waals surface area contributed by atoms with Crippen molar-refractivity contribution >= 4 is 29.3 Å². The summed E-state index contributed by atoms with van der Waals surface area (Å²) in [4.78, 5) is 27.5. The van der Waals surface area contributed by atoms with Crippen molar-refractivity contribution < 1.29 is 14.0 Å². The second kappa shape index (κ2) is 7.72. The van der Waals surface area contributed by atoms with E-state index in [0.717, 1.165) is 16.1 Å². The topological polar surface area (TPSA) is 62.6 Å². The summed E-state index contributed by atoms with van der Waals surface area (Å²) >= 11 is 1.57. The summed E-state index contributed by atoms with van der Waals surface area (Å²) in [5.41, 5.74) is 2.50. The SMILES string of the molecule is O=C(NCc1ccco1)c1ccc(CN2C(=O)CSc3ccccc32)cc1. The minimum atomic E-state index is -0.159. The van der Waals surface area contributed by atoms with Crippen molar-refractivity contribution in [3.05, 3.63) is 83.8 Å². The molecule has 5 nitrogen and oxygen atoms in total. The Labute approximate surface area is 161 Å². The van der Waals surface area contributed by atoms with E-state index in [1.807, 2.05) is 42.5 Å². The molecule has 0 radical (unpaired) electrons. The van der Waals surface area contributed by atoms with Gasteiger partial charge in [-0.2, -0.15) is 0 Å². The summed E-state index contributed by atoms with van der Waals surface area (Å²) in [6.07, 6.45) is 1.58. The predicted octanol–water partition coefficient (Wildman–Crippen LogP) is 3.85. The summed E-state index contributed by atoms with van der Waals surface area (Å²) in [5, 5.41) is 2.82. The number of nitrogens with one attached hydrogen (secondary N) is 1. The van der Waals surface area contributed by atoms with Crippen molar-refractivity contribution in [2.75, 3.05) is 10.7 Å². The smallest absolute Gasteiger partial charge is 0.251 e. The molecule has 2 amide bonds. The number of nitrogens with zero attached hydrogens (tertiary/aromatic N) is 1. The van der Waals surface area contributed by atoms with Crippen LogP contribution in [0.2, 0.25) is 0 Å². The molecular weight excluding hydrogens is 360 g/mol. The fraction of sp³-hybridized carbons (Fsp3) is 0.143. The van der Waals surface area contributed by atoms with Crippen LogP contribution >= 0.6 is 11.8 Å². The Bertz CT molecular complexity index is 952. The minimum absolute atomic E-state index is 0.0963. The molecule has 0 aliphatic carbocycles. The van der Waals surface area contributed by atoms with Crippen LogP contribution in [0.1, 0.15) is 21.7 Å². The van der Waals surface area contributed by atoms with Crippen LogP contribution < -0.4 is 10.2 Å². The molecule has 2 aromatic carbocycles. The van der Waals surface area contributed by atoms with Crippen molar-refractivity contribution in [1.29, 1.82) is 0 Å². The summed E-state index contributed by atoms with van der Waals surface area (Å²) in [7, 11) is 0. The third kappa shape index (κ3) is 3.90. The number of thioether (sulfide) groups is 1. The number of carbonyl (C=O) groups excluding carboxylic acids is 2. The Kier molecular flexibility index (Phi) is 4.98. The van der Waals surface area contributed by atoms with E-state index in [9.17, 15) is 9.59 Å². The second-order valence-corrected chi connectivity index (χ2v) is 7.21. The number of hydrogen-bond donors (Lipinski definition) is 1. The monoisotopic (exact) mass is 378 g/mol.